The van der Waals surface area contributed by atoms with E-state index in [2.05, 4.69) is 25.8 Å². The second-order valence-electron chi connectivity index (χ2n) is 3.19. The van der Waals surface area contributed by atoms with E-state index >= 15 is 0 Å². The SMILES string of the molecule is CCCCCN(C)C(C)CCl. The molecule has 0 aromatic heterocycles. The topological polar surface area (TPSA) is 3.24 Å². The van der Waals surface area contributed by atoms with Crippen molar-refractivity contribution in [3.63, 3.8) is 0 Å². The van der Waals surface area contributed by atoms with Crippen molar-refractivity contribution in [2.75, 3.05) is 19.5 Å². The fourth-order valence-corrected chi connectivity index (χ4v) is 1.18. The summed E-state index contributed by atoms with van der Waals surface area (Å²) >= 11 is 5.72. The van der Waals surface area contributed by atoms with E-state index < -0.39 is 0 Å². The molecule has 0 amide bonds. The molecule has 0 saturated heterocycles. The number of rotatable bonds is 6. The van der Waals surface area contributed by atoms with Crippen molar-refractivity contribution < 1.29 is 0 Å². The van der Waals surface area contributed by atoms with Crippen molar-refractivity contribution in [2.24, 2.45) is 0 Å². The highest BCUT2D eigenvalue weighted by Gasteiger charge is 2.05. The van der Waals surface area contributed by atoms with Crippen LogP contribution in [0.3, 0.4) is 0 Å². The van der Waals surface area contributed by atoms with E-state index in [0.29, 0.717) is 6.04 Å². The number of unbranched alkanes of at least 4 members (excludes halogenated alkanes) is 2. The Bertz CT molecular complexity index is 85.6. The van der Waals surface area contributed by atoms with E-state index in [1.807, 2.05) is 0 Å². The summed E-state index contributed by atoms with van der Waals surface area (Å²) in [6, 6.07) is 0.522. The van der Waals surface area contributed by atoms with Crippen molar-refractivity contribution in [1.29, 1.82) is 0 Å². The molecule has 0 aliphatic rings. The molecule has 0 aromatic rings. The minimum atomic E-state index is 0.522. The van der Waals surface area contributed by atoms with E-state index in [1.165, 1.54) is 25.8 Å². The van der Waals surface area contributed by atoms with Crippen LogP contribution in [0.15, 0.2) is 0 Å². The van der Waals surface area contributed by atoms with Crippen molar-refractivity contribution in [3.05, 3.63) is 0 Å². The van der Waals surface area contributed by atoms with E-state index in [-0.39, 0.29) is 0 Å². The highest BCUT2D eigenvalue weighted by molar-refractivity contribution is 6.18. The van der Waals surface area contributed by atoms with Gasteiger partial charge in [-0.05, 0) is 26.9 Å². The molecule has 0 rings (SSSR count). The maximum atomic E-state index is 5.72. The molecule has 1 unspecified atom stereocenters. The molecule has 0 bridgehead atoms. The second kappa shape index (κ2) is 6.93. The molecule has 0 saturated carbocycles. The molecule has 0 aromatic carbocycles. The predicted molar refractivity (Wildman–Crippen MR) is 52.3 cm³/mol. The van der Waals surface area contributed by atoms with Gasteiger partial charge in [0, 0.05) is 11.9 Å². The van der Waals surface area contributed by atoms with Crippen molar-refractivity contribution in [3.8, 4) is 0 Å². The van der Waals surface area contributed by atoms with Gasteiger partial charge < -0.3 is 4.90 Å². The van der Waals surface area contributed by atoms with Crippen LogP contribution in [-0.2, 0) is 0 Å². The lowest BCUT2D eigenvalue weighted by molar-refractivity contribution is 0.270. The molecule has 11 heavy (non-hydrogen) atoms. The number of alkyl halides is 1. The summed E-state index contributed by atoms with van der Waals surface area (Å²) in [4.78, 5) is 2.32. The molecule has 2 heteroatoms. The standard InChI is InChI=1S/C9H20ClN/c1-4-5-6-7-11(3)9(2)8-10/h9H,4-8H2,1-3H3. The van der Waals surface area contributed by atoms with Crippen LogP contribution in [0.25, 0.3) is 0 Å². The third kappa shape index (κ3) is 5.51. The fourth-order valence-electron chi connectivity index (χ4n) is 0.949. The molecule has 0 N–H and O–H groups in total. The van der Waals surface area contributed by atoms with Crippen LogP contribution >= 0.6 is 11.6 Å². The van der Waals surface area contributed by atoms with Crippen molar-refractivity contribution in [2.45, 2.75) is 39.2 Å². The van der Waals surface area contributed by atoms with Gasteiger partial charge in [-0.1, -0.05) is 19.8 Å². The minimum Gasteiger partial charge on any atom is -0.303 e. The minimum absolute atomic E-state index is 0.522. The van der Waals surface area contributed by atoms with Crippen molar-refractivity contribution >= 4 is 11.6 Å². The van der Waals surface area contributed by atoms with Crippen molar-refractivity contribution in [1.82, 2.24) is 4.90 Å². The molecule has 0 radical (unpaired) electrons. The summed E-state index contributed by atoms with van der Waals surface area (Å²) in [5.41, 5.74) is 0. The van der Waals surface area contributed by atoms with E-state index in [0.717, 1.165) is 5.88 Å². The maximum absolute atomic E-state index is 5.72. The number of hydrogen-bond acceptors (Lipinski definition) is 1. The van der Waals surface area contributed by atoms with E-state index in [9.17, 15) is 0 Å². The monoisotopic (exact) mass is 177 g/mol. The Morgan fingerprint density at radius 2 is 2.00 bits per heavy atom. The fraction of sp³-hybridized carbons (Fsp3) is 1.00. The first kappa shape index (κ1) is 11.2. The zero-order valence-electron chi connectivity index (χ0n) is 7.94. The smallest absolute Gasteiger partial charge is 0.0376 e. The van der Waals surface area contributed by atoms with Gasteiger partial charge in [0.1, 0.15) is 0 Å². The Labute approximate surface area is 75.7 Å². The lowest BCUT2D eigenvalue weighted by atomic mass is 10.2. The lowest BCUT2D eigenvalue weighted by Gasteiger charge is -2.22. The summed E-state index contributed by atoms with van der Waals surface area (Å²) < 4.78 is 0. The Morgan fingerprint density at radius 1 is 1.36 bits per heavy atom. The molecule has 1 nitrogen and oxygen atoms in total. The number of hydrogen-bond donors (Lipinski definition) is 0. The van der Waals surface area contributed by atoms with Gasteiger partial charge in [0.25, 0.3) is 0 Å². The number of halogens is 1. The predicted octanol–water partition coefficient (Wildman–Crippen LogP) is 2.74. The largest absolute Gasteiger partial charge is 0.303 e. The molecular formula is C9H20ClN. The van der Waals surface area contributed by atoms with Crippen LogP contribution in [0.2, 0.25) is 0 Å². The molecule has 0 aliphatic heterocycles. The Kier molecular flexibility index (Phi) is 7.09. The van der Waals surface area contributed by atoms with Crippen LogP contribution in [0.1, 0.15) is 33.1 Å². The maximum Gasteiger partial charge on any atom is 0.0376 e. The van der Waals surface area contributed by atoms with Gasteiger partial charge in [-0.3, -0.25) is 0 Å². The molecule has 0 heterocycles. The molecule has 0 aliphatic carbocycles. The molecule has 1 atom stereocenters. The summed E-state index contributed by atoms with van der Waals surface area (Å²) in [5.74, 6) is 0.739. The average Bonchev–Trinajstić information content (AvgIpc) is 2.03. The molecule has 68 valence electrons. The quantitative estimate of drug-likeness (QED) is 0.446. The van der Waals surface area contributed by atoms with Crippen LogP contribution < -0.4 is 0 Å². The summed E-state index contributed by atoms with van der Waals surface area (Å²) in [7, 11) is 2.14. The lowest BCUT2D eigenvalue weighted by Crippen LogP contribution is -2.31. The van der Waals surface area contributed by atoms with Gasteiger partial charge in [-0.15, -0.1) is 11.6 Å². The third-order valence-electron chi connectivity index (χ3n) is 2.09. The van der Waals surface area contributed by atoms with Crippen LogP contribution in [0, 0.1) is 0 Å². The summed E-state index contributed by atoms with van der Waals surface area (Å²) in [6.45, 7) is 5.58. The molecular weight excluding hydrogens is 158 g/mol. The Morgan fingerprint density at radius 3 is 2.45 bits per heavy atom. The average molecular weight is 178 g/mol. The Balaban J connectivity index is 3.28. The van der Waals surface area contributed by atoms with Crippen LogP contribution in [-0.4, -0.2) is 30.4 Å². The van der Waals surface area contributed by atoms with Gasteiger partial charge in [-0.25, -0.2) is 0 Å². The normalized spacial score (nSPS) is 13.9. The van der Waals surface area contributed by atoms with Gasteiger partial charge in [-0.2, -0.15) is 0 Å². The third-order valence-corrected chi connectivity index (χ3v) is 2.54. The zero-order valence-corrected chi connectivity index (χ0v) is 8.69. The Hall–Kier alpha value is 0.250. The van der Waals surface area contributed by atoms with Gasteiger partial charge in [0.2, 0.25) is 0 Å². The summed E-state index contributed by atoms with van der Waals surface area (Å²) in [5, 5.41) is 0. The van der Waals surface area contributed by atoms with E-state index in [4.69, 9.17) is 11.6 Å². The second-order valence-corrected chi connectivity index (χ2v) is 3.50. The molecule has 0 spiro atoms. The van der Waals surface area contributed by atoms with Gasteiger partial charge in [0.15, 0.2) is 0 Å². The van der Waals surface area contributed by atoms with E-state index in [1.54, 1.807) is 0 Å². The first-order valence-electron chi connectivity index (χ1n) is 4.48. The van der Waals surface area contributed by atoms with Crippen LogP contribution in [0.5, 0.6) is 0 Å². The summed E-state index contributed by atoms with van der Waals surface area (Å²) in [6.07, 6.45) is 3.93. The zero-order chi connectivity index (χ0) is 8.69. The van der Waals surface area contributed by atoms with Gasteiger partial charge in [0.05, 0.1) is 0 Å². The first-order chi connectivity index (χ1) is 5.22. The first-order valence-corrected chi connectivity index (χ1v) is 5.02. The molecule has 0 fully saturated rings. The number of nitrogens with zero attached hydrogens (tertiary/aromatic N) is 1. The highest BCUT2D eigenvalue weighted by Crippen LogP contribution is 2.01. The van der Waals surface area contributed by atoms with Crippen LogP contribution in [0.4, 0.5) is 0 Å². The highest BCUT2D eigenvalue weighted by atomic mass is 35.5. The van der Waals surface area contributed by atoms with Gasteiger partial charge >= 0.3 is 0 Å².